The van der Waals surface area contributed by atoms with Crippen LogP contribution in [0.2, 0.25) is 0 Å². The zero-order valence-electron chi connectivity index (χ0n) is 11.0. The average Bonchev–Trinajstić information content (AvgIpc) is 2.45. The van der Waals surface area contributed by atoms with E-state index in [-0.39, 0.29) is 19.2 Å². The highest BCUT2D eigenvalue weighted by atomic mass is 16.6. The molecule has 0 aliphatic heterocycles. The Balaban J connectivity index is 2.25. The molecule has 4 heteroatoms. The maximum absolute atomic E-state index is 11.1. The molecule has 0 heterocycles. The summed E-state index contributed by atoms with van der Waals surface area (Å²) < 4.78 is 10.1. The van der Waals surface area contributed by atoms with Crippen molar-refractivity contribution in [3.8, 4) is 5.75 Å². The van der Waals surface area contributed by atoms with Gasteiger partial charge in [-0.05, 0) is 36.5 Å². The molecule has 0 bridgehead atoms. The number of hydrogen-bond donors (Lipinski definition) is 1. The summed E-state index contributed by atoms with van der Waals surface area (Å²) in [5, 5.41) is 9.05. The number of fused-ring (bicyclic) bond motifs is 1. The Bertz CT molecular complexity index is 491. The van der Waals surface area contributed by atoms with E-state index in [9.17, 15) is 4.79 Å². The third-order valence-electron chi connectivity index (χ3n) is 3.26. The molecular formula is C15H18O4. The van der Waals surface area contributed by atoms with Gasteiger partial charge in [0.05, 0.1) is 13.7 Å². The summed E-state index contributed by atoms with van der Waals surface area (Å²) in [7, 11) is 1.34. The summed E-state index contributed by atoms with van der Waals surface area (Å²) in [6.07, 6.45) is 4.75. The molecule has 0 amide bonds. The lowest BCUT2D eigenvalue weighted by Gasteiger charge is -2.21. The standard InChI is InChI=1S/C15H18O4/c1-18-15(17)10-19-14-7-3-5-12-11(8-9-16)4-2-6-13(12)14/h3,5,7-8,16H,2,4,6,9-10H2,1H3. The van der Waals surface area contributed by atoms with Crippen LogP contribution in [0.3, 0.4) is 0 Å². The van der Waals surface area contributed by atoms with Crippen molar-refractivity contribution in [2.24, 2.45) is 0 Å². The number of aliphatic hydroxyl groups is 1. The Kier molecular flexibility index (Phi) is 4.58. The van der Waals surface area contributed by atoms with E-state index in [2.05, 4.69) is 4.74 Å². The zero-order chi connectivity index (χ0) is 13.7. The van der Waals surface area contributed by atoms with Gasteiger partial charge >= 0.3 is 5.97 Å². The zero-order valence-corrected chi connectivity index (χ0v) is 11.0. The average molecular weight is 262 g/mol. The highest BCUT2D eigenvalue weighted by Gasteiger charge is 2.18. The van der Waals surface area contributed by atoms with Gasteiger partial charge in [0.1, 0.15) is 5.75 Å². The van der Waals surface area contributed by atoms with E-state index in [1.807, 2.05) is 24.3 Å². The fourth-order valence-corrected chi connectivity index (χ4v) is 2.37. The fraction of sp³-hybridized carbons (Fsp3) is 0.400. The topological polar surface area (TPSA) is 55.8 Å². The van der Waals surface area contributed by atoms with Crippen molar-refractivity contribution in [2.75, 3.05) is 20.3 Å². The molecular weight excluding hydrogens is 244 g/mol. The third kappa shape index (κ3) is 3.15. The van der Waals surface area contributed by atoms with Crippen LogP contribution in [0, 0.1) is 0 Å². The van der Waals surface area contributed by atoms with Gasteiger partial charge < -0.3 is 14.6 Å². The van der Waals surface area contributed by atoms with Crippen LogP contribution in [0.15, 0.2) is 24.3 Å². The highest BCUT2D eigenvalue weighted by Crippen LogP contribution is 2.35. The molecule has 1 aliphatic carbocycles. The van der Waals surface area contributed by atoms with Gasteiger partial charge in [0.2, 0.25) is 0 Å². The first-order chi connectivity index (χ1) is 9.26. The molecule has 1 N–H and O–H groups in total. The number of esters is 1. The molecule has 19 heavy (non-hydrogen) atoms. The van der Waals surface area contributed by atoms with E-state index in [0.29, 0.717) is 0 Å². The van der Waals surface area contributed by atoms with E-state index in [4.69, 9.17) is 9.84 Å². The molecule has 0 unspecified atom stereocenters. The first-order valence-corrected chi connectivity index (χ1v) is 6.38. The van der Waals surface area contributed by atoms with Gasteiger partial charge in [-0.1, -0.05) is 18.2 Å². The summed E-state index contributed by atoms with van der Waals surface area (Å²) in [5.41, 5.74) is 3.37. The normalized spacial score (nSPS) is 16.0. The van der Waals surface area contributed by atoms with Crippen LogP contribution in [0.4, 0.5) is 0 Å². The fourth-order valence-electron chi connectivity index (χ4n) is 2.37. The van der Waals surface area contributed by atoms with Crippen molar-refractivity contribution in [1.82, 2.24) is 0 Å². The lowest BCUT2D eigenvalue weighted by Crippen LogP contribution is -2.14. The minimum Gasteiger partial charge on any atom is -0.482 e. The van der Waals surface area contributed by atoms with Crippen molar-refractivity contribution in [2.45, 2.75) is 19.3 Å². The second-order valence-corrected chi connectivity index (χ2v) is 4.41. The number of allylic oxidation sites excluding steroid dienone is 1. The van der Waals surface area contributed by atoms with Gasteiger partial charge in [0.15, 0.2) is 6.61 Å². The molecule has 1 aliphatic rings. The Morgan fingerprint density at radius 2 is 2.26 bits per heavy atom. The molecule has 2 rings (SSSR count). The van der Waals surface area contributed by atoms with Gasteiger partial charge in [0, 0.05) is 5.56 Å². The number of aliphatic hydroxyl groups excluding tert-OH is 1. The molecule has 102 valence electrons. The van der Waals surface area contributed by atoms with E-state index >= 15 is 0 Å². The number of hydrogen-bond acceptors (Lipinski definition) is 4. The third-order valence-corrected chi connectivity index (χ3v) is 3.26. The van der Waals surface area contributed by atoms with E-state index in [1.54, 1.807) is 0 Å². The van der Waals surface area contributed by atoms with Crippen molar-refractivity contribution in [3.63, 3.8) is 0 Å². The molecule has 0 radical (unpaired) electrons. The molecule has 0 fully saturated rings. The maximum atomic E-state index is 11.1. The van der Waals surface area contributed by atoms with Crippen molar-refractivity contribution < 1.29 is 19.4 Å². The number of rotatable bonds is 4. The van der Waals surface area contributed by atoms with Gasteiger partial charge in [-0.2, -0.15) is 0 Å². The first-order valence-electron chi connectivity index (χ1n) is 6.38. The molecule has 1 aromatic rings. The van der Waals surface area contributed by atoms with E-state index in [1.165, 1.54) is 7.11 Å². The molecule has 0 spiro atoms. The summed E-state index contributed by atoms with van der Waals surface area (Å²) in [6.45, 7) is -0.0337. The molecule has 0 aromatic heterocycles. The van der Waals surface area contributed by atoms with Crippen molar-refractivity contribution >= 4 is 11.5 Å². The predicted octanol–water partition coefficient (Wildman–Crippen LogP) is 1.95. The second-order valence-electron chi connectivity index (χ2n) is 4.41. The SMILES string of the molecule is COC(=O)COc1cccc2c1CCCC2=CCO. The van der Waals surface area contributed by atoms with Crippen molar-refractivity contribution in [3.05, 3.63) is 35.4 Å². The number of ether oxygens (including phenoxy) is 2. The molecule has 0 atom stereocenters. The largest absolute Gasteiger partial charge is 0.482 e. The van der Waals surface area contributed by atoms with Gasteiger partial charge in [-0.25, -0.2) is 4.79 Å². The van der Waals surface area contributed by atoms with Crippen LogP contribution in [0.25, 0.3) is 5.57 Å². The Labute approximate surface area is 112 Å². The van der Waals surface area contributed by atoms with Gasteiger partial charge in [0.25, 0.3) is 0 Å². The number of benzene rings is 1. The van der Waals surface area contributed by atoms with Crippen LogP contribution in [-0.4, -0.2) is 31.4 Å². The monoisotopic (exact) mass is 262 g/mol. The predicted molar refractivity (Wildman–Crippen MR) is 72.0 cm³/mol. The van der Waals surface area contributed by atoms with Gasteiger partial charge in [-0.15, -0.1) is 0 Å². The molecule has 0 saturated heterocycles. The van der Waals surface area contributed by atoms with Crippen molar-refractivity contribution in [1.29, 1.82) is 0 Å². The van der Waals surface area contributed by atoms with Crippen LogP contribution in [0.1, 0.15) is 24.0 Å². The summed E-state index contributed by atoms with van der Waals surface area (Å²) >= 11 is 0. The second kappa shape index (κ2) is 6.38. The van der Waals surface area contributed by atoms with Crippen LogP contribution in [-0.2, 0) is 16.0 Å². The summed E-state index contributed by atoms with van der Waals surface area (Å²) in [5.74, 6) is 0.339. The number of carbonyl (C=O) groups excluding carboxylic acids is 1. The Morgan fingerprint density at radius 3 is 3.00 bits per heavy atom. The van der Waals surface area contributed by atoms with Crippen LogP contribution >= 0.6 is 0 Å². The molecule has 0 saturated carbocycles. The minimum absolute atomic E-state index is 0.0437. The number of methoxy groups -OCH3 is 1. The Morgan fingerprint density at radius 1 is 1.42 bits per heavy atom. The smallest absolute Gasteiger partial charge is 0.343 e. The lowest BCUT2D eigenvalue weighted by molar-refractivity contribution is -0.142. The van der Waals surface area contributed by atoms with E-state index < -0.39 is 0 Å². The highest BCUT2D eigenvalue weighted by molar-refractivity contribution is 5.73. The number of carbonyl (C=O) groups is 1. The maximum Gasteiger partial charge on any atom is 0.343 e. The Hall–Kier alpha value is -1.81. The minimum atomic E-state index is -0.389. The van der Waals surface area contributed by atoms with E-state index in [0.717, 1.165) is 41.7 Å². The summed E-state index contributed by atoms with van der Waals surface area (Å²) in [4.78, 5) is 11.1. The quantitative estimate of drug-likeness (QED) is 0.843. The lowest BCUT2D eigenvalue weighted by atomic mass is 9.86. The van der Waals surface area contributed by atoms with Gasteiger partial charge in [-0.3, -0.25) is 0 Å². The summed E-state index contributed by atoms with van der Waals surface area (Å²) in [6, 6.07) is 5.80. The molecule has 1 aromatic carbocycles. The van der Waals surface area contributed by atoms with Crippen LogP contribution < -0.4 is 4.74 Å². The van der Waals surface area contributed by atoms with Crippen LogP contribution in [0.5, 0.6) is 5.75 Å². The molecule has 4 nitrogen and oxygen atoms in total. The first kappa shape index (κ1) is 13.6.